The van der Waals surface area contributed by atoms with Gasteiger partial charge in [-0.05, 0) is 18.9 Å². The number of hydrogen-bond acceptors (Lipinski definition) is 3. The van der Waals surface area contributed by atoms with Crippen LogP contribution in [0.4, 0.5) is 18.9 Å². The van der Waals surface area contributed by atoms with Gasteiger partial charge in [0, 0.05) is 59.4 Å². The Labute approximate surface area is 183 Å². The molecule has 0 atom stereocenters. The lowest BCUT2D eigenvalue weighted by molar-refractivity contribution is -0.0387. The molecule has 1 saturated carbocycles. The van der Waals surface area contributed by atoms with Gasteiger partial charge in [-0.1, -0.05) is 24.8 Å². The smallest absolute Gasteiger partial charge is 0.248 e. The van der Waals surface area contributed by atoms with Gasteiger partial charge in [-0.25, -0.2) is 17.9 Å². The number of aromatic amines is 1. The van der Waals surface area contributed by atoms with Gasteiger partial charge in [-0.2, -0.15) is 5.10 Å². The number of nitrogens with zero attached hydrogens (tertiary/aromatic N) is 3. The van der Waals surface area contributed by atoms with Crippen LogP contribution in [0.25, 0.3) is 22.3 Å². The van der Waals surface area contributed by atoms with E-state index in [-0.39, 0.29) is 37.3 Å². The summed E-state index contributed by atoms with van der Waals surface area (Å²) in [5.74, 6) is -3.43. The first kappa shape index (κ1) is 20.4. The normalized spacial score (nSPS) is 16.3. The van der Waals surface area contributed by atoms with E-state index in [1.807, 2.05) is 30.5 Å². The molecule has 5 nitrogen and oxygen atoms in total. The fourth-order valence-electron chi connectivity index (χ4n) is 4.21. The number of pyridine rings is 1. The van der Waals surface area contributed by atoms with Gasteiger partial charge in [0.25, 0.3) is 0 Å². The molecule has 0 amide bonds. The van der Waals surface area contributed by atoms with Gasteiger partial charge in [-0.15, -0.1) is 0 Å². The maximum Gasteiger partial charge on any atom is 0.248 e. The first-order chi connectivity index (χ1) is 15.4. The SMILES string of the molecule is C=C(Nc1c[nH]c2ccccc12)c1cnn(-c2cnc(C3CCC(F)(F)CC3)c(F)c2)c1. The van der Waals surface area contributed by atoms with Gasteiger partial charge < -0.3 is 10.3 Å². The lowest BCUT2D eigenvalue weighted by Gasteiger charge is -2.28. The molecule has 2 N–H and O–H groups in total. The first-order valence-electron chi connectivity index (χ1n) is 10.5. The second kappa shape index (κ2) is 7.85. The molecular weight excluding hydrogens is 415 g/mol. The summed E-state index contributed by atoms with van der Waals surface area (Å²) in [6, 6.07) is 9.27. The van der Waals surface area contributed by atoms with Crippen molar-refractivity contribution in [3.8, 4) is 5.69 Å². The van der Waals surface area contributed by atoms with Crippen molar-refractivity contribution in [1.29, 1.82) is 0 Å². The molecule has 0 unspecified atom stereocenters. The number of para-hydroxylation sites is 1. The van der Waals surface area contributed by atoms with E-state index < -0.39 is 11.7 Å². The Hall–Kier alpha value is -3.55. The van der Waals surface area contributed by atoms with Crippen LogP contribution < -0.4 is 5.32 Å². The van der Waals surface area contributed by atoms with Crippen molar-refractivity contribution in [2.24, 2.45) is 0 Å². The van der Waals surface area contributed by atoms with Crippen LogP contribution in [0.1, 0.15) is 42.9 Å². The number of hydrogen-bond donors (Lipinski definition) is 2. The van der Waals surface area contributed by atoms with Gasteiger partial charge in [0.1, 0.15) is 5.82 Å². The first-order valence-corrected chi connectivity index (χ1v) is 10.5. The molecule has 164 valence electrons. The molecule has 0 radical (unpaired) electrons. The van der Waals surface area contributed by atoms with Crippen molar-refractivity contribution in [2.75, 3.05) is 5.32 Å². The Kier molecular flexibility index (Phi) is 5.00. The molecule has 0 aliphatic heterocycles. The highest BCUT2D eigenvalue weighted by Crippen LogP contribution is 2.41. The van der Waals surface area contributed by atoms with E-state index in [4.69, 9.17) is 0 Å². The number of aromatic nitrogens is 4. The minimum atomic E-state index is -2.65. The van der Waals surface area contributed by atoms with E-state index in [0.29, 0.717) is 11.4 Å². The van der Waals surface area contributed by atoms with E-state index in [1.54, 1.807) is 12.4 Å². The van der Waals surface area contributed by atoms with E-state index in [0.717, 1.165) is 22.2 Å². The molecule has 1 aromatic carbocycles. The molecule has 0 bridgehead atoms. The van der Waals surface area contributed by atoms with Gasteiger partial charge in [-0.3, -0.25) is 4.98 Å². The minimum Gasteiger partial charge on any atom is -0.359 e. The molecule has 0 saturated heterocycles. The summed E-state index contributed by atoms with van der Waals surface area (Å²) in [5, 5.41) is 8.63. The van der Waals surface area contributed by atoms with Crippen LogP contribution in [0.2, 0.25) is 0 Å². The standard InChI is InChI=1S/C24H22F3N5/c1-15(31-22-13-28-21-5-3-2-4-19(21)22)17-11-30-32(14-17)18-10-20(25)23(29-12-18)16-6-8-24(26,27)9-7-16/h2-5,10-14,16,28,31H,1,6-9H2. The highest BCUT2D eigenvalue weighted by molar-refractivity contribution is 5.95. The van der Waals surface area contributed by atoms with E-state index in [1.165, 1.54) is 16.9 Å². The van der Waals surface area contributed by atoms with Crippen LogP contribution in [-0.4, -0.2) is 25.7 Å². The van der Waals surface area contributed by atoms with Gasteiger partial charge in [0.2, 0.25) is 5.92 Å². The summed E-state index contributed by atoms with van der Waals surface area (Å²) in [6.07, 6.45) is 6.80. The molecule has 1 fully saturated rings. The average molecular weight is 437 g/mol. The summed E-state index contributed by atoms with van der Waals surface area (Å²) < 4.78 is 43.1. The van der Waals surface area contributed by atoms with E-state index in [2.05, 4.69) is 27.0 Å². The fraction of sp³-hybridized carbons (Fsp3) is 0.250. The Morgan fingerprint density at radius 1 is 1.19 bits per heavy atom. The maximum atomic E-state index is 14.8. The van der Waals surface area contributed by atoms with Crippen LogP contribution >= 0.6 is 0 Å². The number of halogens is 3. The average Bonchev–Trinajstić information content (AvgIpc) is 3.42. The molecular formula is C24H22F3N5. The highest BCUT2D eigenvalue weighted by Gasteiger charge is 2.36. The number of nitrogens with one attached hydrogen (secondary N) is 2. The molecule has 4 aromatic rings. The van der Waals surface area contributed by atoms with Gasteiger partial charge in [0.05, 0.1) is 29.5 Å². The van der Waals surface area contributed by atoms with Crippen molar-refractivity contribution in [2.45, 2.75) is 37.5 Å². The second-order valence-corrected chi connectivity index (χ2v) is 8.22. The van der Waals surface area contributed by atoms with Gasteiger partial charge >= 0.3 is 0 Å². The summed E-state index contributed by atoms with van der Waals surface area (Å²) in [6.45, 7) is 4.09. The predicted octanol–water partition coefficient (Wildman–Crippen LogP) is 6.26. The number of benzene rings is 1. The number of H-pyrrole nitrogens is 1. The van der Waals surface area contributed by atoms with Crippen molar-refractivity contribution in [3.05, 3.63) is 78.8 Å². The molecule has 8 heteroatoms. The largest absolute Gasteiger partial charge is 0.359 e. The van der Waals surface area contributed by atoms with Crippen LogP contribution in [0.3, 0.4) is 0 Å². The summed E-state index contributed by atoms with van der Waals surface area (Å²) in [5.41, 5.74) is 4.01. The zero-order valence-corrected chi connectivity index (χ0v) is 17.3. The van der Waals surface area contributed by atoms with Crippen molar-refractivity contribution >= 4 is 22.3 Å². The number of alkyl halides is 2. The number of fused-ring (bicyclic) bond motifs is 1. The van der Waals surface area contributed by atoms with E-state index >= 15 is 0 Å². The Balaban J connectivity index is 1.32. The monoisotopic (exact) mass is 437 g/mol. The number of anilines is 1. The third kappa shape index (κ3) is 3.88. The molecule has 1 aliphatic rings. The molecule has 32 heavy (non-hydrogen) atoms. The lowest BCUT2D eigenvalue weighted by atomic mass is 9.84. The zero-order chi connectivity index (χ0) is 22.3. The number of rotatable bonds is 5. The molecule has 3 heterocycles. The molecule has 3 aromatic heterocycles. The highest BCUT2D eigenvalue weighted by atomic mass is 19.3. The summed E-state index contributed by atoms with van der Waals surface area (Å²) in [7, 11) is 0. The quantitative estimate of drug-likeness (QED) is 0.387. The van der Waals surface area contributed by atoms with Gasteiger partial charge in [0.15, 0.2) is 0 Å². The lowest BCUT2D eigenvalue weighted by Crippen LogP contribution is -2.24. The minimum absolute atomic E-state index is 0.228. The fourth-order valence-corrected chi connectivity index (χ4v) is 4.21. The molecule has 5 rings (SSSR count). The van der Waals surface area contributed by atoms with Crippen LogP contribution in [0, 0.1) is 5.82 Å². The Bertz CT molecular complexity index is 1280. The van der Waals surface area contributed by atoms with Crippen LogP contribution in [0.15, 0.2) is 61.7 Å². The summed E-state index contributed by atoms with van der Waals surface area (Å²) >= 11 is 0. The molecule has 0 spiro atoms. The van der Waals surface area contributed by atoms with Crippen LogP contribution in [-0.2, 0) is 0 Å². The third-order valence-electron chi connectivity index (χ3n) is 6.03. The summed E-state index contributed by atoms with van der Waals surface area (Å²) in [4.78, 5) is 7.46. The topological polar surface area (TPSA) is 58.5 Å². The van der Waals surface area contributed by atoms with Crippen molar-refractivity contribution < 1.29 is 13.2 Å². The Morgan fingerprint density at radius 3 is 2.75 bits per heavy atom. The second-order valence-electron chi connectivity index (χ2n) is 8.22. The van der Waals surface area contributed by atoms with E-state index in [9.17, 15) is 13.2 Å². The predicted molar refractivity (Wildman–Crippen MR) is 118 cm³/mol. The Morgan fingerprint density at radius 2 is 1.97 bits per heavy atom. The van der Waals surface area contributed by atoms with Crippen LogP contribution in [0.5, 0.6) is 0 Å². The third-order valence-corrected chi connectivity index (χ3v) is 6.03. The van der Waals surface area contributed by atoms with Crippen molar-refractivity contribution in [1.82, 2.24) is 19.7 Å². The molecule has 1 aliphatic carbocycles. The van der Waals surface area contributed by atoms with Crippen molar-refractivity contribution in [3.63, 3.8) is 0 Å². The zero-order valence-electron chi connectivity index (χ0n) is 17.3. The maximum absolute atomic E-state index is 14.8.